The lowest BCUT2D eigenvalue weighted by Crippen LogP contribution is -2.30. The van der Waals surface area contributed by atoms with Gasteiger partial charge < -0.3 is 9.88 Å². The first kappa shape index (κ1) is 15.8. The smallest absolute Gasteiger partial charge is 0.231 e. The fraction of sp³-hybridized carbons (Fsp3) is 0.176. The van der Waals surface area contributed by atoms with Gasteiger partial charge in [-0.1, -0.05) is 48.2 Å². The summed E-state index contributed by atoms with van der Waals surface area (Å²) in [7, 11) is 1.92. The molecule has 0 unspecified atom stereocenters. The molecule has 1 atom stereocenters. The Labute approximate surface area is 143 Å². The van der Waals surface area contributed by atoms with Gasteiger partial charge >= 0.3 is 0 Å². The number of thiophene rings is 1. The Morgan fingerprint density at radius 1 is 1.30 bits per heavy atom. The van der Waals surface area contributed by atoms with Crippen LogP contribution in [0, 0.1) is 0 Å². The summed E-state index contributed by atoms with van der Waals surface area (Å²) in [6, 6.07) is 14.0. The number of thioether (sulfide) groups is 1. The van der Waals surface area contributed by atoms with Gasteiger partial charge in [-0.3, -0.25) is 4.79 Å². The van der Waals surface area contributed by atoms with E-state index < -0.39 is 0 Å². The third-order valence-electron chi connectivity index (χ3n) is 3.38. The number of benzene rings is 1. The highest BCUT2D eigenvalue weighted by Gasteiger charge is 2.18. The summed E-state index contributed by atoms with van der Waals surface area (Å²) in [4.78, 5) is 17.7. The summed E-state index contributed by atoms with van der Waals surface area (Å²) in [6.45, 7) is 0. The minimum atomic E-state index is -0.106. The Morgan fingerprint density at radius 3 is 2.78 bits per heavy atom. The van der Waals surface area contributed by atoms with E-state index in [1.807, 2.05) is 59.6 Å². The highest BCUT2D eigenvalue weighted by atomic mass is 32.2. The third-order valence-corrected chi connectivity index (χ3v) is 5.37. The summed E-state index contributed by atoms with van der Waals surface area (Å²) < 4.78 is 1.91. The molecule has 4 nitrogen and oxygen atoms in total. The first-order chi connectivity index (χ1) is 11.2. The molecule has 1 amide bonds. The Bertz CT molecular complexity index is 753. The molecule has 0 bridgehead atoms. The van der Waals surface area contributed by atoms with Crippen molar-refractivity contribution in [2.75, 3.05) is 5.75 Å². The number of nitrogens with one attached hydrogen (secondary N) is 1. The van der Waals surface area contributed by atoms with Crippen molar-refractivity contribution in [3.8, 4) is 0 Å². The number of amides is 1. The van der Waals surface area contributed by atoms with Crippen molar-refractivity contribution in [2.45, 2.75) is 11.2 Å². The van der Waals surface area contributed by atoms with Gasteiger partial charge in [0.1, 0.15) is 0 Å². The molecule has 1 N–H and O–H groups in total. The van der Waals surface area contributed by atoms with Crippen LogP contribution in [0.1, 0.15) is 16.5 Å². The van der Waals surface area contributed by atoms with Crippen LogP contribution >= 0.6 is 23.1 Å². The normalized spacial score (nSPS) is 12.0. The minimum absolute atomic E-state index is 0.000234. The van der Waals surface area contributed by atoms with Gasteiger partial charge in [-0.25, -0.2) is 4.98 Å². The zero-order valence-electron chi connectivity index (χ0n) is 12.7. The van der Waals surface area contributed by atoms with E-state index in [0.29, 0.717) is 5.75 Å². The van der Waals surface area contributed by atoms with Gasteiger partial charge in [-0.2, -0.15) is 0 Å². The summed E-state index contributed by atoms with van der Waals surface area (Å²) >= 11 is 3.09. The second-order valence-corrected chi connectivity index (χ2v) is 6.96. The first-order valence-corrected chi connectivity index (χ1v) is 9.08. The van der Waals surface area contributed by atoms with E-state index in [1.54, 1.807) is 17.5 Å². The fourth-order valence-corrected chi connectivity index (χ4v) is 3.79. The zero-order chi connectivity index (χ0) is 16.1. The van der Waals surface area contributed by atoms with Crippen molar-refractivity contribution < 1.29 is 4.79 Å². The average molecular weight is 343 g/mol. The fourth-order valence-electron chi connectivity index (χ4n) is 2.24. The number of hydrogen-bond acceptors (Lipinski definition) is 4. The van der Waals surface area contributed by atoms with E-state index in [0.717, 1.165) is 15.6 Å². The molecule has 0 aliphatic heterocycles. The van der Waals surface area contributed by atoms with Crippen molar-refractivity contribution in [1.29, 1.82) is 0 Å². The molecule has 0 saturated carbocycles. The van der Waals surface area contributed by atoms with Crippen molar-refractivity contribution >= 4 is 29.0 Å². The second kappa shape index (κ2) is 7.48. The lowest BCUT2D eigenvalue weighted by atomic mass is 10.1. The van der Waals surface area contributed by atoms with Crippen LogP contribution in [0.4, 0.5) is 0 Å². The molecular weight excluding hydrogens is 326 g/mol. The number of aryl methyl sites for hydroxylation is 1. The predicted molar refractivity (Wildman–Crippen MR) is 94.7 cm³/mol. The number of carbonyl (C=O) groups excluding carboxylic acids is 1. The highest BCUT2D eigenvalue weighted by molar-refractivity contribution is 7.99. The molecule has 0 radical (unpaired) electrons. The molecule has 0 spiro atoms. The van der Waals surface area contributed by atoms with Crippen LogP contribution in [-0.4, -0.2) is 21.2 Å². The molecule has 23 heavy (non-hydrogen) atoms. The topological polar surface area (TPSA) is 46.9 Å². The summed E-state index contributed by atoms with van der Waals surface area (Å²) in [5.41, 5.74) is 1.09. The van der Waals surface area contributed by atoms with E-state index >= 15 is 0 Å². The van der Waals surface area contributed by atoms with Crippen LogP contribution in [0.5, 0.6) is 0 Å². The Hall–Kier alpha value is -2.05. The highest BCUT2D eigenvalue weighted by Crippen LogP contribution is 2.26. The van der Waals surface area contributed by atoms with Gasteiger partial charge in [0, 0.05) is 24.3 Å². The predicted octanol–water partition coefficient (Wildman–Crippen LogP) is 3.48. The van der Waals surface area contributed by atoms with Crippen molar-refractivity contribution in [3.05, 3.63) is 70.7 Å². The first-order valence-electron chi connectivity index (χ1n) is 7.22. The van der Waals surface area contributed by atoms with Gasteiger partial charge in [-0.15, -0.1) is 11.3 Å². The van der Waals surface area contributed by atoms with Gasteiger partial charge in [-0.05, 0) is 17.0 Å². The number of rotatable bonds is 6. The Morgan fingerprint density at radius 2 is 2.13 bits per heavy atom. The number of imidazole rings is 1. The molecule has 0 aliphatic rings. The number of carbonyl (C=O) groups is 1. The molecule has 3 aromatic rings. The minimum Gasteiger partial charge on any atom is -0.344 e. The number of hydrogen-bond donors (Lipinski definition) is 1. The zero-order valence-corrected chi connectivity index (χ0v) is 14.3. The largest absolute Gasteiger partial charge is 0.344 e. The van der Waals surface area contributed by atoms with Gasteiger partial charge in [0.25, 0.3) is 0 Å². The summed E-state index contributed by atoms with van der Waals surface area (Å²) in [5, 5.41) is 6.00. The second-order valence-electron chi connectivity index (χ2n) is 5.04. The van der Waals surface area contributed by atoms with E-state index in [4.69, 9.17) is 0 Å². The maximum Gasteiger partial charge on any atom is 0.231 e. The van der Waals surface area contributed by atoms with E-state index in [-0.39, 0.29) is 11.9 Å². The molecule has 0 fully saturated rings. The monoisotopic (exact) mass is 343 g/mol. The van der Waals surface area contributed by atoms with Crippen molar-refractivity contribution in [3.63, 3.8) is 0 Å². The SMILES string of the molecule is Cn1ccnc1SCC(=O)N[C@H](c1ccccc1)c1cccs1. The Balaban J connectivity index is 1.69. The van der Waals surface area contributed by atoms with Gasteiger partial charge in [0.15, 0.2) is 5.16 Å². The summed E-state index contributed by atoms with van der Waals surface area (Å²) in [5.74, 6) is 0.347. The van der Waals surface area contributed by atoms with Gasteiger partial charge in [0.05, 0.1) is 11.8 Å². The molecule has 3 rings (SSSR count). The molecule has 6 heteroatoms. The standard InChI is InChI=1S/C17H17N3OS2/c1-20-10-9-18-17(20)23-12-15(21)19-16(14-8-5-11-22-14)13-6-3-2-4-7-13/h2-11,16H,12H2,1H3,(H,19,21)/t16-/m1/s1. The van der Waals surface area contributed by atoms with Crippen LogP contribution < -0.4 is 5.32 Å². The molecular formula is C17H17N3OS2. The third kappa shape index (κ3) is 4.03. The number of aromatic nitrogens is 2. The summed E-state index contributed by atoms with van der Waals surface area (Å²) in [6.07, 6.45) is 3.61. The van der Waals surface area contributed by atoms with Gasteiger partial charge in [0.2, 0.25) is 5.91 Å². The molecule has 118 valence electrons. The number of nitrogens with zero attached hydrogens (tertiary/aromatic N) is 2. The molecule has 0 aliphatic carbocycles. The maximum absolute atomic E-state index is 12.4. The van der Waals surface area contributed by atoms with Crippen LogP contribution in [0.25, 0.3) is 0 Å². The average Bonchev–Trinajstić information content (AvgIpc) is 3.23. The maximum atomic E-state index is 12.4. The van der Waals surface area contributed by atoms with Crippen LogP contribution in [-0.2, 0) is 11.8 Å². The molecule has 1 aromatic carbocycles. The lowest BCUT2D eigenvalue weighted by Gasteiger charge is -2.18. The molecule has 2 heterocycles. The van der Waals surface area contributed by atoms with E-state index in [2.05, 4.69) is 16.4 Å². The lowest BCUT2D eigenvalue weighted by molar-refractivity contribution is -0.119. The van der Waals surface area contributed by atoms with Crippen LogP contribution in [0.3, 0.4) is 0 Å². The van der Waals surface area contributed by atoms with Crippen LogP contribution in [0.2, 0.25) is 0 Å². The quantitative estimate of drug-likeness (QED) is 0.697. The van der Waals surface area contributed by atoms with Crippen LogP contribution in [0.15, 0.2) is 65.4 Å². The van der Waals surface area contributed by atoms with Crippen molar-refractivity contribution in [1.82, 2.24) is 14.9 Å². The molecule has 2 aromatic heterocycles. The van der Waals surface area contributed by atoms with Crippen molar-refractivity contribution in [2.24, 2.45) is 7.05 Å². The van der Waals surface area contributed by atoms with E-state index in [9.17, 15) is 4.79 Å². The Kier molecular flexibility index (Phi) is 5.15. The van der Waals surface area contributed by atoms with E-state index in [1.165, 1.54) is 11.8 Å². The molecule has 0 saturated heterocycles.